The predicted octanol–water partition coefficient (Wildman–Crippen LogP) is 5.53. The van der Waals surface area contributed by atoms with Crippen molar-refractivity contribution in [2.24, 2.45) is 4.99 Å². The lowest BCUT2D eigenvalue weighted by Crippen LogP contribution is -2.11. The number of nitriles is 1. The van der Waals surface area contributed by atoms with Gasteiger partial charge in [0.05, 0.1) is 11.9 Å². The molecule has 0 amide bonds. The first-order chi connectivity index (χ1) is 13.8. The standard InChI is InChI=1S/C22H18BrClN4O/c1-14-19(12-25)20(26-13-27(2)3)21(22(29)15-4-6-16(23)7-5-15)28(14)18-10-8-17(24)9-11-18/h4-11,13H,1-3H3. The number of carbonyl (C=O) groups excluding carboxylic acids is 1. The van der Waals surface area contributed by atoms with Gasteiger partial charge in [-0.1, -0.05) is 27.5 Å². The van der Waals surface area contributed by atoms with Crippen LogP contribution < -0.4 is 0 Å². The Morgan fingerprint density at radius 3 is 2.34 bits per heavy atom. The lowest BCUT2D eigenvalue weighted by Gasteiger charge is -2.12. The van der Waals surface area contributed by atoms with Crippen molar-refractivity contribution in [1.29, 1.82) is 5.26 Å². The fourth-order valence-electron chi connectivity index (χ4n) is 2.97. The van der Waals surface area contributed by atoms with E-state index in [2.05, 4.69) is 27.0 Å². The van der Waals surface area contributed by atoms with Gasteiger partial charge < -0.3 is 9.47 Å². The number of ketones is 1. The van der Waals surface area contributed by atoms with Crippen molar-refractivity contribution in [3.8, 4) is 11.8 Å². The summed E-state index contributed by atoms with van der Waals surface area (Å²) in [6, 6.07) is 16.4. The molecule has 0 saturated carbocycles. The molecule has 0 fully saturated rings. The molecule has 5 nitrogen and oxygen atoms in total. The number of halogens is 2. The molecule has 146 valence electrons. The highest BCUT2D eigenvalue weighted by atomic mass is 79.9. The minimum Gasteiger partial charge on any atom is -0.369 e. The van der Waals surface area contributed by atoms with Crippen LogP contribution in [0.3, 0.4) is 0 Å². The minimum absolute atomic E-state index is 0.219. The molecule has 0 unspecified atom stereocenters. The third kappa shape index (κ3) is 4.26. The molecule has 3 aromatic rings. The van der Waals surface area contributed by atoms with Crippen LogP contribution in [0, 0.1) is 18.3 Å². The number of aliphatic imine (C=N–C) groups is 1. The van der Waals surface area contributed by atoms with Gasteiger partial charge in [0, 0.05) is 40.5 Å². The number of hydrogen-bond acceptors (Lipinski definition) is 3. The van der Waals surface area contributed by atoms with Crippen molar-refractivity contribution in [3.05, 3.63) is 80.5 Å². The second-order valence-corrected chi connectivity index (χ2v) is 7.98. The van der Waals surface area contributed by atoms with Crippen LogP contribution in [0.2, 0.25) is 5.02 Å². The summed E-state index contributed by atoms with van der Waals surface area (Å²) in [6.07, 6.45) is 1.58. The van der Waals surface area contributed by atoms with Crippen molar-refractivity contribution < 1.29 is 4.79 Å². The van der Waals surface area contributed by atoms with E-state index in [1.165, 1.54) is 0 Å². The first-order valence-electron chi connectivity index (χ1n) is 8.75. The Balaban J connectivity index is 2.32. The predicted molar refractivity (Wildman–Crippen MR) is 120 cm³/mol. The zero-order valence-corrected chi connectivity index (χ0v) is 18.5. The van der Waals surface area contributed by atoms with E-state index in [4.69, 9.17) is 11.6 Å². The van der Waals surface area contributed by atoms with Gasteiger partial charge in [0.25, 0.3) is 0 Å². The summed E-state index contributed by atoms with van der Waals surface area (Å²) in [5, 5.41) is 10.4. The largest absolute Gasteiger partial charge is 0.369 e. The van der Waals surface area contributed by atoms with Crippen LogP contribution in [0.1, 0.15) is 27.3 Å². The smallest absolute Gasteiger partial charge is 0.212 e. The zero-order valence-electron chi connectivity index (χ0n) is 16.1. The monoisotopic (exact) mass is 468 g/mol. The highest BCUT2D eigenvalue weighted by Gasteiger charge is 2.27. The number of benzene rings is 2. The Morgan fingerprint density at radius 2 is 1.79 bits per heavy atom. The van der Waals surface area contributed by atoms with Gasteiger partial charge in [-0.15, -0.1) is 0 Å². The molecule has 0 bridgehead atoms. The molecule has 0 aliphatic carbocycles. The quantitative estimate of drug-likeness (QED) is 0.280. The Morgan fingerprint density at radius 1 is 1.17 bits per heavy atom. The maximum absolute atomic E-state index is 13.5. The van der Waals surface area contributed by atoms with Crippen molar-refractivity contribution in [3.63, 3.8) is 0 Å². The van der Waals surface area contributed by atoms with Gasteiger partial charge in [-0.2, -0.15) is 5.26 Å². The summed E-state index contributed by atoms with van der Waals surface area (Å²) in [5.74, 6) is -0.219. The number of hydrogen-bond donors (Lipinski definition) is 0. The van der Waals surface area contributed by atoms with Gasteiger partial charge in [0.2, 0.25) is 5.78 Å². The molecule has 3 rings (SSSR count). The third-order valence-electron chi connectivity index (χ3n) is 4.32. The van der Waals surface area contributed by atoms with E-state index < -0.39 is 0 Å². The maximum atomic E-state index is 13.5. The average Bonchev–Trinajstić information content (AvgIpc) is 2.98. The normalized spacial score (nSPS) is 10.9. The molecule has 0 aliphatic rings. The zero-order chi connectivity index (χ0) is 21.1. The number of rotatable bonds is 5. The molecule has 0 radical (unpaired) electrons. The number of aromatic nitrogens is 1. The topological polar surface area (TPSA) is 61.4 Å². The molecule has 29 heavy (non-hydrogen) atoms. The Labute approximate surface area is 183 Å². The van der Waals surface area contributed by atoms with Gasteiger partial charge in [0.1, 0.15) is 17.5 Å². The molecule has 0 saturated heterocycles. The average molecular weight is 470 g/mol. The van der Waals surface area contributed by atoms with Crippen molar-refractivity contribution in [1.82, 2.24) is 9.47 Å². The van der Waals surface area contributed by atoms with Crippen molar-refractivity contribution in [2.45, 2.75) is 6.92 Å². The first-order valence-corrected chi connectivity index (χ1v) is 9.92. The summed E-state index contributed by atoms with van der Waals surface area (Å²) in [4.78, 5) is 19.7. The highest BCUT2D eigenvalue weighted by molar-refractivity contribution is 9.10. The number of nitrogens with zero attached hydrogens (tertiary/aromatic N) is 4. The molecule has 0 spiro atoms. The molecular weight excluding hydrogens is 452 g/mol. The summed E-state index contributed by atoms with van der Waals surface area (Å²) >= 11 is 9.43. The second-order valence-electron chi connectivity index (χ2n) is 6.63. The van der Waals surface area contributed by atoms with Gasteiger partial charge in [-0.05, 0) is 55.5 Å². The summed E-state index contributed by atoms with van der Waals surface area (Å²) in [5.41, 5.74) is 2.92. The second kappa shape index (κ2) is 8.64. The molecule has 7 heteroatoms. The summed E-state index contributed by atoms with van der Waals surface area (Å²) < 4.78 is 2.64. The van der Waals surface area contributed by atoms with Crippen molar-refractivity contribution >= 4 is 45.3 Å². The van der Waals surface area contributed by atoms with Crippen molar-refractivity contribution in [2.75, 3.05) is 14.1 Å². The highest BCUT2D eigenvalue weighted by Crippen LogP contribution is 2.35. The van der Waals surface area contributed by atoms with E-state index >= 15 is 0 Å². The van der Waals surface area contributed by atoms with E-state index in [9.17, 15) is 10.1 Å². The fourth-order valence-corrected chi connectivity index (χ4v) is 3.36. The Bertz CT molecular complexity index is 1120. The molecule has 1 heterocycles. The molecule has 0 aliphatic heterocycles. The lowest BCUT2D eigenvalue weighted by atomic mass is 10.1. The third-order valence-corrected chi connectivity index (χ3v) is 5.10. The fraction of sp³-hybridized carbons (Fsp3) is 0.136. The van der Waals surface area contributed by atoms with Gasteiger partial charge >= 0.3 is 0 Å². The van der Waals surface area contributed by atoms with Crippen LogP contribution in [0.4, 0.5) is 5.69 Å². The van der Waals surface area contributed by atoms with Gasteiger partial charge in [0.15, 0.2) is 0 Å². The summed E-state index contributed by atoms with van der Waals surface area (Å²) in [7, 11) is 3.66. The number of carbonyl (C=O) groups is 1. The van der Waals surface area contributed by atoms with E-state index in [0.717, 1.165) is 10.2 Å². The van der Waals surface area contributed by atoms with E-state index in [1.54, 1.807) is 47.0 Å². The molecule has 2 aromatic carbocycles. The van der Waals surface area contributed by atoms with Crippen LogP contribution in [-0.2, 0) is 0 Å². The minimum atomic E-state index is -0.219. The van der Waals surface area contributed by atoms with E-state index in [0.29, 0.717) is 33.2 Å². The summed E-state index contributed by atoms with van der Waals surface area (Å²) in [6.45, 7) is 1.81. The maximum Gasteiger partial charge on any atom is 0.212 e. The van der Waals surface area contributed by atoms with Crippen LogP contribution in [-0.4, -0.2) is 35.7 Å². The van der Waals surface area contributed by atoms with Gasteiger partial charge in [-0.25, -0.2) is 4.99 Å². The van der Waals surface area contributed by atoms with E-state index in [1.807, 2.05) is 38.4 Å². The van der Waals surface area contributed by atoms with Crippen LogP contribution in [0.15, 0.2) is 58.0 Å². The van der Waals surface area contributed by atoms with Crippen LogP contribution in [0.25, 0.3) is 5.69 Å². The molecule has 1 aromatic heterocycles. The Hall–Kier alpha value is -2.88. The lowest BCUT2D eigenvalue weighted by molar-refractivity contribution is 0.103. The first kappa shape index (κ1) is 20.8. The Kier molecular flexibility index (Phi) is 6.21. The van der Waals surface area contributed by atoms with Crippen LogP contribution >= 0.6 is 27.5 Å². The molecule has 0 atom stereocenters. The molecule has 0 N–H and O–H groups in total. The molecular formula is C22H18BrClN4O. The van der Waals surface area contributed by atoms with Gasteiger partial charge in [-0.3, -0.25) is 4.79 Å². The SMILES string of the molecule is Cc1c(C#N)c(N=CN(C)C)c(C(=O)c2ccc(Br)cc2)n1-c1ccc(Cl)cc1. The van der Waals surface area contributed by atoms with Crippen LogP contribution in [0.5, 0.6) is 0 Å². The van der Waals surface area contributed by atoms with E-state index in [-0.39, 0.29) is 5.78 Å².